The number of benzene rings is 1. The van der Waals surface area contributed by atoms with Crippen LogP contribution in [0.1, 0.15) is 64.5 Å². The van der Waals surface area contributed by atoms with Crippen LogP contribution in [0.15, 0.2) is 24.3 Å². The minimum atomic E-state index is 0.242. The fourth-order valence-electron chi connectivity index (χ4n) is 2.08. The van der Waals surface area contributed by atoms with Crippen molar-refractivity contribution in [3.8, 4) is 0 Å². The Bertz CT molecular complexity index is 322. The molecule has 1 rings (SSSR count). The quantitative estimate of drug-likeness (QED) is 0.764. The van der Waals surface area contributed by atoms with Crippen molar-refractivity contribution in [3.63, 3.8) is 0 Å². The van der Waals surface area contributed by atoms with Crippen LogP contribution in [0.25, 0.3) is 0 Å². The lowest BCUT2D eigenvalue weighted by molar-refractivity contribution is 0.357. The molecule has 0 saturated carbocycles. The highest BCUT2D eigenvalue weighted by Crippen LogP contribution is 2.16. The Morgan fingerprint density at radius 2 is 1.71 bits per heavy atom. The zero-order valence-electron chi connectivity index (χ0n) is 12.0. The van der Waals surface area contributed by atoms with Gasteiger partial charge in [-0.05, 0) is 37.3 Å². The van der Waals surface area contributed by atoms with Gasteiger partial charge in [-0.15, -0.1) is 0 Å². The first-order chi connectivity index (χ1) is 7.94. The molecule has 17 heavy (non-hydrogen) atoms. The van der Waals surface area contributed by atoms with E-state index < -0.39 is 0 Å². The van der Waals surface area contributed by atoms with Crippen molar-refractivity contribution in [1.29, 1.82) is 0 Å². The molecule has 1 aromatic carbocycles. The van der Waals surface area contributed by atoms with Crippen molar-refractivity contribution in [2.75, 3.05) is 0 Å². The summed E-state index contributed by atoms with van der Waals surface area (Å²) < 4.78 is 0. The van der Waals surface area contributed by atoms with E-state index in [9.17, 15) is 0 Å². The third kappa shape index (κ3) is 4.91. The Hall–Kier alpha value is -0.820. The zero-order chi connectivity index (χ0) is 12.9. The second-order valence-electron chi connectivity index (χ2n) is 5.88. The van der Waals surface area contributed by atoms with Crippen molar-refractivity contribution in [2.45, 2.75) is 65.5 Å². The van der Waals surface area contributed by atoms with Gasteiger partial charge in [-0.2, -0.15) is 0 Å². The largest absolute Gasteiger partial charge is 0.308 e. The molecule has 0 aliphatic rings. The van der Waals surface area contributed by atoms with Crippen LogP contribution in [0.2, 0.25) is 0 Å². The Kier molecular flexibility index (Phi) is 5.20. The van der Waals surface area contributed by atoms with E-state index in [4.69, 9.17) is 0 Å². The van der Waals surface area contributed by atoms with E-state index in [1.54, 1.807) is 0 Å². The molecule has 0 amide bonds. The van der Waals surface area contributed by atoms with Gasteiger partial charge in [0.15, 0.2) is 0 Å². The average molecular weight is 233 g/mol. The molecule has 0 heterocycles. The first-order valence-electron chi connectivity index (χ1n) is 6.78. The van der Waals surface area contributed by atoms with Gasteiger partial charge in [-0.25, -0.2) is 0 Å². The summed E-state index contributed by atoms with van der Waals surface area (Å²) in [4.78, 5) is 0. The number of hydrogen-bond donors (Lipinski definition) is 1. The van der Waals surface area contributed by atoms with E-state index in [-0.39, 0.29) is 5.54 Å². The van der Waals surface area contributed by atoms with E-state index in [0.717, 1.165) is 6.54 Å². The third-order valence-electron chi connectivity index (χ3n) is 3.29. The average Bonchev–Trinajstić information content (AvgIpc) is 2.27. The van der Waals surface area contributed by atoms with Crippen LogP contribution < -0.4 is 5.32 Å². The summed E-state index contributed by atoms with van der Waals surface area (Å²) in [6, 6.07) is 8.97. The summed E-state index contributed by atoms with van der Waals surface area (Å²) in [5.74, 6) is 0.619. The van der Waals surface area contributed by atoms with Gasteiger partial charge in [0.25, 0.3) is 0 Å². The van der Waals surface area contributed by atoms with Crippen LogP contribution in [-0.2, 0) is 6.54 Å². The van der Waals surface area contributed by atoms with Crippen LogP contribution >= 0.6 is 0 Å². The Labute approximate surface area is 107 Å². The predicted molar refractivity (Wildman–Crippen MR) is 76.4 cm³/mol. The van der Waals surface area contributed by atoms with Gasteiger partial charge in [-0.3, -0.25) is 0 Å². The fourth-order valence-corrected chi connectivity index (χ4v) is 2.08. The minimum absolute atomic E-state index is 0.242. The van der Waals surface area contributed by atoms with Crippen LogP contribution in [0.4, 0.5) is 0 Å². The monoisotopic (exact) mass is 233 g/mol. The molecule has 0 atom stereocenters. The van der Waals surface area contributed by atoms with E-state index >= 15 is 0 Å². The highest BCUT2D eigenvalue weighted by Gasteiger charge is 2.14. The second kappa shape index (κ2) is 6.20. The third-order valence-corrected chi connectivity index (χ3v) is 3.29. The molecule has 1 N–H and O–H groups in total. The Morgan fingerprint density at radius 1 is 1.12 bits per heavy atom. The molecular formula is C16H27N. The standard InChI is InChI=1S/C16H27N/c1-6-11-16(4,5)17-12-14-7-9-15(10-8-14)13(2)3/h7-10,13,17H,6,11-12H2,1-5H3. The zero-order valence-corrected chi connectivity index (χ0v) is 12.0. The van der Waals surface area contributed by atoms with E-state index in [1.165, 1.54) is 24.0 Å². The van der Waals surface area contributed by atoms with Crippen LogP contribution in [0.5, 0.6) is 0 Å². The van der Waals surface area contributed by atoms with E-state index in [2.05, 4.69) is 64.2 Å². The molecule has 0 spiro atoms. The van der Waals surface area contributed by atoms with Crippen molar-refractivity contribution in [3.05, 3.63) is 35.4 Å². The maximum atomic E-state index is 3.62. The van der Waals surface area contributed by atoms with Gasteiger partial charge in [0.1, 0.15) is 0 Å². The summed E-state index contributed by atoms with van der Waals surface area (Å²) in [5.41, 5.74) is 3.03. The normalized spacial score (nSPS) is 12.1. The number of rotatable bonds is 6. The van der Waals surface area contributed by atoms with Crippen LogP contribution in [0.3, 0.4) is 0 Å². The fraction of sp³-hybridized carbons (Fsp3) is 0.625. The number of hydrogen-bond acceptors (Lipinski definition) is 1. The van der Waals surface area contributed by atoms with E-state index in [0.29, 0.717) is 5.92 Å². The van der Waals surface area contributed by atoms with Gasteiger partial charge in [-0.1, -0.05) is 51.5 Å². The molecule has 0 fully saturated rings. The van der Waals surface area contributed by atoms with Crippen LogP contribution in [0, 0.1) is 0 Å². The molecule has 0 aliphatic carbocycles. The maximum Gasteiger partial charge on any atom is 0.0210 e. The van der Waals surface area contributed by atoms with E-state index in [1.807, 2.05) is 0 Å². The molecule has 1 nitrogen and oxygen atoms in total. The molecule has 0 unspecified atom stereocenters. The maximum absolute atomic E-state index is 3.62. The van der Waals surface area contributed by atoms with Gasteiger partial charge in [0, 0.05) is 12.1 Å². The lowest BCUT2D eigenvalue weighted by Crippen LogP contribution is -2.38. The van der Waals surface area contributed by atoms with Crippen molar-refractivity contribution in [1.82, 2.24) is 5.32 Å². The lowest BCUT2D eigenvalue weighted by Gasteiger charge is -2.26. The van der Waals surface area contributed by atoms with Crippen molar-refractivity contribution in [2.24, 2.45) is 0 Å². The first kappa shape index (κ1) is 14.2. The lowest BCUT2D eigenvalue weighted by atomic mass is 9.98. The topological polar surface area (TPSA) is 12.0 Å². The highest BCUT2D eigenvalue weighted by molar-refractivity contribution is 5.24. The minimum Gasteiger partial charge on any atom is -0.308 e. The van der Waals surface area contributed by atoms with Gasteiger partial charge in [0.2, 0.25) is 0 Å². The summed E-state index contributed by atoms with van der Waals surface area (Å²) in [7, 11) is 0. The smallest absolute Gasteiger partial charge is 0.0210 e. The highest BCUT2D eigenvalue weighted by atomic mass is 14.9. The SMILES string of the molecule is CCCC(C)(C)NCc1ccc(C(C)C)cc1. The first-order valence-corrected chi connectivity index (χ1v) is 6.78. The second-order valence-corrected chi connectivity index (χ2v) is 5.88. The Balaban J connectivity index is 2.52. The van der Waals surface area contributed by atoms with Crippen LogP contribution in [-0.4, -0.2) is 5.54 Å². The predicted octanol–water partition coefficient (Wildman–Crippen LogP) is 4.48. The molecule has 0 bridgehead atoms. The summed E-state index contributed by atoms with van der Waals surface area (Å²) in [6.45, 7) is 12.2. The number of nitrogens with one attached hydrogen (secondary N) is 1. The molecule has 1 heteroatoms. The Morgan fingerprint density at radius 3 is 2.18 bits per heavy atom. The molecule has 0 radical (unpaired) electrons. The molecule has 0 aromatic heterocycles. The molecule has 0 aliphatic heterocycles. The van der Waals surface area contributed by atoms with Gasteiger partial charge < -0.3 is 5.32 Å². The molecular weight excluding hydrogens is 206 g/mol. The molecule has 0 saturated heterocycles. The van der Waals surface area contributed by atoms with Crippen molar-refractivity contribution >= 4 is 0 Å². The van der Waals surface area contributed by atoms with Crippen molar-refractivity contribution < 1.29 is 0 Å². The molecule has 1 aromatic rings. The van der Waals surface area contributed by atoms with Gasteiger partial charge >= 0.3 is 0 Å². The molecule has 96 valence electrons. The van der Waals surface area contributed by atoms with Gasteiger partial charge in [0.05, 0.1) is 0 Å². The summed E-state index contributed by atoms with van der Waals surface area (Å²) >= 11 is 0. The summed E-state index contributed by atoms with van der Waals surface area (Å²) in [6.07, 6.45) is 2.45. The summed E-state index contributed by atoms with van der Waals surface area (Å²) in [5, 5.41) is 3.62.